The molecule has 9 nitrogen and oxygen atoms in total. The van der Waals surface area contributed by atoms with Crippen LogP contribution < -0.4 is 20.7 Å². The van der Waals surface area contributed by atoms with Gasteiger partial charge in [-0.2, -0.15) is 0 Å². The summed E-state index contributed by atoms with van der Waals surface area (Å²) in [6.07, 6.45) is 0. The summed E-state index contributed by atoms with van der Waals surface area (Å²) < 4.78 is 61.9. The van der Waals surface area contributed by atoms with Gasteiger partial charge in [-0.15, -0.1) is 10.2 Å². The summed E-state index contributed by atoms with van der Waals surface area (Å²) >= 11 is 0. The van der Waals surface area contributed by atoms with Crippen LogP contribution in [0.3, 0.4) is 0 Å². The maximum atomic E-state index is 14.5. The molecule has 2 aromatic heterocycles. The third-order valence-electron chi connectivity index (χ3n) is 5.58. The highest BCUT2D eigenvalue weighted by Gasteiger charge is 2.20. The van der Waals surface area contributed by atoms with E-state index in [0.29, 0.717) is 28.1 Å². The zero-order chi connectivity index (χ0) is 28.4. The van der Waals surface area contributed by atoms with Crippen molar-refractivity contribution >= 4 is 28.9 Å². The molecule has 3 N–H and O–H groups in total. The van der Waals surface area contributed by atoms with E-state index in [4.69, 9.17) is 13.6 Å². The molecule has 1 aliphatic rings. The number of carbonyl (C=O) groups excluding carboxylic acids is 1. The largest absolute Gasteiger partial charge is 0.494 e. The van der Waals surface area contributed by atoms with Gasteiger partial charge in [-0.3, -0.25) is 4.79 Å². The van der Waals surface area contributed by atoms with Crippen molar-refractivity contribution in [3.8, 4) is 16.9 Å². The van der Waals surface area contributed by atoms with Crippen molar-refractivity contribution in [1.29, 1.82) is 0 Å². The van der Waals surface area contributed by atoms with Gasteiger partial charge in [0.15, 0.2) is 11.5 Å². The fraction of sp³-hybridized carbons (Fsp3) is 0.154. The van der Waals surface area contributed by atoms with E-state index in [1.807, 2.05) is 5.32 Å². The van der Waals surface area contributed by atoms with Crippen LogP contribution in [0.4, 0.5) is 31.8 Å². The molecule has 0 aliphatic carbocycles. The molecule has 2 aromatic carbocycles. The monoisotopic (exact) mass is 507 g/mol. The van der Waals surface area contributed by atoms with E-state index in [2.05, 4.69) is 25.8 Å². The Morgan fingerprint density at radius 3 is 2.65 bits per heavy atom. The van der Waals surface area contributed by atoms with Gasteiger partial charge in [0.05, 0.1) is 31.7 Å². The summed E-state index contributed by atoms with van der Waals surface area (Å²) in [5, 5.41) is 15.8. The fourth-order valence-electron chi connectivity index (χ4n) is 3.90. The maximum absolute atomic E-state index is 14.5. The molecule has 0 saturated carbocycles. The van der Waals surface area contributed by atoms with Gasteiger partial charge in [-0.1, -0.05) is 12.1 Å². The quantitative estimate of drug-likeness (QED) is 0.366. The molecule has 6 bridgehead atoms. The number of amides is 1. The van der Waals surface area contributed by atoms with Gasteiger partial charge in [0.2, 0.25) is 0 Å². The third-order valence-corrected chi connectivity index (χ3v) is 5.58. The SMILES string of the molecule is [2H]C([2H])([2H])NC(=O)c1nnc2cc1Nc1cc(cc(-c3ccc(F)cc3)c1OC)COCc1nc(ccc1F)N2. The molecule has 5 rings (SSSR count). The molecule has 0 unspecified atom stereocenters. The average Bonchev–Trinajstić information content (AvgIpc) is 2.89. The number of nitrogens with one attached hydrogen (secondary N) is 3. The van der Waals surface area contributed by atoms with E-state index in [0.717, 1.165) is 0 Å². The minimum absolute atomic E-state index is 0.0396. The number of aromatic nitrogens is 3. The van der Waals surface area contributed by atoms with Crippen LogP contribution in [0.25, 0.3) is 11.1 Å². The number of carbonyl (C=O) groups is 1. The molecule has 0 saturated heterocycles. The highest BCUT2D eigenvalue weighted by Crippen LogP contribution is 2.40. The molecule has 4 aromatic rings. The molecule has 0 fully saturated rings. The number of methoxy groups -OCH3 is 1. The number of nitrogens with zero attached hydrogens (tertiary/aromatic N) is 3. The molecular weight excluding hydrogens is 482 g/mol. The number of benzene rings is 2. The fourth-order valence-corrected chi connectivity index (χ4v) is 3.90. The highest BCUT2D eigenvalue weighted by atomic mass is 19.1. The molecule has 188 valence electrons. The predicted molar refractivity (Wildman–Crippen MR) is 133 cm³/mol. The Balaban J connectivity index is 1.69. The van der Waals surface area contributed by atoms with Crippen LogP contribution in [0.5, 0.6) is 5.75 Å². The normalized spacial score (nSPS) is 14.1. The van der Waals surface area contributed by atoms with Crippen molar-refractivity contribution in [3.05, 3.63) is 83.2 Å². The lowest BCUT2D eigenvalue weighted by Crippen LogP contribution is -2.21. The second-order valence-corrected chi connectivity index (χ2v) is 8.04. The van der Waals surface area contributed by atoms with Crippen LogP contribution in [0.1, 0.15) is 25.9 Å². The van der Waals surface area contributed by atoms with Gasteiger partial charge in [0.25, 0.3) is 5.91 Å². The lowest BCUT2D eigenvalue weighted by molar-refractivity contribution is 0.0958. The number of anilines is 4. The molecule has 0 spiro atoms. The number of hydrogen-bond donors (Lipinski definition) is 3. The molecule has 0 atom stereocenters. The standard InChI is InChI=1S/C26H22F2N6O3/c1-29-26(35)24-19-11-23(33-34-24)32-22-8-7-18(28)21(31-22)13-37-12-14-9-17(15-3-5-16(27)6-4-15)25(36-2)20(10-14)30-19/h3-11,30H,12-13H2,1-2H3,(H,29,35)(H,31,32,33)/i1D3. The zero-order valence-corrected chi connectivity index (χ0v) is 19.4. The smallest absolute Gasteiger partial charge is 0.273 e. The van der Waals surface area contributed by atoms with Crippen molar-refractivity contribution in [3.63, 3.8) is 0 Å². The van der Waals surface area contributed by atoms with Gasteiger partial charge in [0, 0.05) is 22.7 Å². The molecule has 0 radical (unpaired) electrons. The number of halogens is 2. The minimum Gasteiger partial charge on any atom is -0.494 e. The van der Waals surface area contributed by atoms with Gasteiger partial charge < -0.3 is 25.4 Å². The predicted octanol–water partition coefficient (Wildman–Crippen LogP) is 4.70. The summed E-state index contributed by atoms with van der Waals surface area (Å²) in [4.78, 5) is 17.1. The van der Waals surface area contributed by atoms with E-state index >= 15 is 0 Å². The van der Waals surface area contributed by atoms with Crippen LogP contribution >= 0.6 is 0 Å². The Labute approximate surface area is 215 Å². The molecule has 1 aliphatic heterocycles. The van der Waals surface area contributed by atoms with Gasteiger partial charge in [-0.05, 0) is 47.5 Å². The summed E-state index contributed by atoms with van der Waals surface area (Å²) in [5.41, 5.74) is 2.01. The van der Waals surface area contributed by atoms with Crippen LogP contribution in [-0.2, 0) is 18.0 Å². The van der Waals surface area contributed by atoms with Crippen molar-refractivity contribution < 1.29 is 27.2 Å². The number of hydrogen-bond acceptors (Lipinski definition) is 8. The van der Waals surface area contributed by atoms with E-state index < -0.39 is 24.5 Å². The Bertz CT molecular complexity index is 1590. The molecule has 1 amide bonds. The van der Waals surface area contributed by atoms with Crippen LogP contribution in [0, 0.1) is 11.6 Å². The molecular formula is C26H22F2N6O3. The second kappa shape index (κ2) is 10.2. The van der Waals surface area contributed by atoms with Gasteiger partial charge in [-0.25, -0.2) is 13.8 Å². The van der Waals surface area contributed by atoms with Crippen molar-refractivity contribution in [2.45, 2.75) is 13.2 Å². The van der Waals surface area contributed by atoms with Gasteiger partial charge in [0.1, 0.15) is 28.9 Å². The number of rotatable bonds is 3. The summed E-state index contributed by atoms with van der Waals surface area (Å²) in [6.45, 7) is -2.87. The van der Waals surface area contributed by atoms with Gasteiger partial charge >= 0.3 is 0 Å². The maximum Gasteiger partial charge on any atom is 0.273 e. The second-order valence-electron chi connectivity index (χ2n) is 8.04. The van der Waals surface area contributed by atoms with Crippen LogP contribution in [-0.4, -0.2) is 35.2 Å². The first-order chi connectivity index (χ1) is 19.1. The van der Waals surface area contributed by atoms with Crippen molar-refractivity contribution in [2.24, 2.45) is 0 Å². The lowest BCUT2D eigenvalue weighted by Gasteiger charge is -2.19. The lowest BCUT2D eigenvalue weighted by atomic mass is 10.00. The number of fused-ring (bicyclic) bond motifs is 6. The topological polar surface area (TPSA) is 110 Å². The third kappa shape index (κ3) is 5.02. The molecule has 11 heteroatoms. The Morgan fingerprint density at radius 1 is 1.03 bits per heavy atom. The summed E-state index contributed by atoms with van der Waals surface area (Å²) in [5.74, 6) is -1.27. The number of pyridine rings is 1. The van der Waals surface area contributed by atoms with Crippen molar-refractivity contribution in [1.82, 2.24) is 20.5 Å². The Morgan fingerprint density at radius 2 is 1.86 bits per heavy atom. The van der Waals surface area contributed by atoms with Crippen LogP contribution in [0.2, 0.25) is 0 Å². The van der Waals surface area contributed by atoms with Crippen molar-refractivity contribution in [2.75, 3.05) is 24.7 Å². The minimum atomic E-state index is -2.77. The van der Waals surface area contributed by atoms with E-state index in [-0.39, 0.29) is 41.9 Å². The van der Waals surface area contributed by atoms with E-state index in [1.165, 1.54) is 37.4 Å². The highest BCUT2D eigenvalue weighted by molar-refractivity contribution is 5.99. The Hall–Kier alpha value is -4.64. The summed E-state index contributed by atoms with van der Waals surface area (Å²) in [7, 11) is 1.45. The first-order valence-corrected chi connectivity index (χ1v) is 11.0. The molecule has 37 heavy (non-hydrogen) atoms. The van der Waals surface area contributed by atoms with Crippen LogP contribution in [0.15, 0.2) is 54.6 Å². The van der Waals surface area contributed by atoms with E-state index in [9.17, 15) is 13.6 Å². The summed E-state index contributed by atoms with van der Waals surface area (Å²) in [6, 6.07) is 13.3. The molecule has 3 heterocycles. The average molecular weight is 508 g/mol. The zero-order valence-electron chi connectivity index (χ0n) is 22.4. The first-order valence-electron chi connectivity index (χ1n) is 12.5. The van der Waals surface area contributed by atoms with E-state index in [1.54, 1.807) is 24.3 Å². The Kier molecular flexibility index (Phi) is 5.64. The number of ether oxygens (including phenoxy) is 2. The first kappa shape index (κ1) is 20.5.